The summed E-state index contributed by atoms with van der Waals surface area (Å²) in [5.74, 6) is 0.320. The molecular formula is C15H27F3N4O2S. The predicted molar refractivity (Wildman–Crippen MR) is 92.9 cm³/mol. The second kappa shape index (κ2) is 9.98. The summed E-state index contributed by atoms with van der Waals surface area (Å²) in [4.78, 5) is 16.4. The van der Waals surface area contributed by atoms with Crippen molar-refractivity contribution in [3.63, 3.8) is 0 Å². The lowest BCUT2D eigenvalue weighted by atomic mass is 9.95. The molecule has 6 nitrogen and oxygen atoms in total. The van der Waals surface area contributed by atoms with Crippen molar-refractivity contribution < 1.29 is 22.2 Å². The number of nitrogens with zero attached hydrogens (tertiary/aromatic N) is 2. The fourth-order valence-electron chi connectivity index (χ4n) is 2.79. The maximum atomic E-state index is 12.3. The van der Waals surface area contributed by atoms with Crippen LogP contribution in [0, 0.1) is 0 Å². The van der Waals surface area contributed by atoms with Crippen molar-refractivity contribution in [3.05, 3.63) is 0 Å². The molecule has 0 heterocycles. The number of aliphatic imine (C=N–C) groups is 1. The standard InChI is InChI=1S/C15H27F3N4O2S/c1-4-25(24)12-7-5-6-11(8-12)21-14(19-2)20-9-13(23)22(3)10-15(16,17)18/h11-12H,4-10H2,1-3H3,(H2,19,20,21). The van der Waals surface area contributed by atoms with E-state index in [1.807, 2.05) is 6.92 Å². The summed E-state index contributed by atoms with van der Waals surface area (Å²) in [6.45, 7) is 0.340. The number of hydrogen-bond acceptors (Lipinski definition) is 3. The largest absolute Gasteiger partial charge is 0.406 e. The molecule has 0 radical (unpaired) electrons. The minimum atomic E-state index is -4.42. The van der Waals surface area contributed by atoms with E-state index in [1.165, 1.54) is 7.05 Å². The molecule has 1 rings (SSSR count). The molecule has 0 aromatic heterocycles. The topological polar surface area (TPSA) is 73.8 Å². The molecule has 1 aliphatic rings. The molecule has 1 saturated carbocycles. The lowest BCUT2D eigenvalue weighted by Crippen LogP contribution is -2.49. The van der Waals surface area contributed by atoms with Crippen molar-refractivity contribution in [3.8, 4) is 0 Å². The van der Waals surface area contributed by atoms with Crippen LogP contribution in [0.15, 0.2) is 4.99 Å². The Morgan fingerprint density at radius 3 is 2.60 bits per heavy atom. The van der Waals surface area contributed by atoms with Crippen LogP contribution >= 0.6 is 0 Å². The summed E-state index contributed by atoms with van der Waals surface area (Å²) < 4.78 is 48.9. The minimum Gasteiger partial charge on any atom is -0.354 e. The summed E-state index contributed by atoms with van der Waals surface area (Å²) in [7, 11) is 1.80. The molecule has 0 aromatic rings. The van der Waals surface area contributed by atoms with E-state index in [9.17, 15) is 22.2 Å². The van der Waals surface area contributed by atoms with Crippen LogP contribution in [-0.2, 0) is 15.6 Å². The lowest BCUT2D eigenvalue weighted by Gasteiger charge is -2.30. The Hall–Kier alpha value is -1.32. The van der Waals surface area contributed by atoms with Crippen LogP contribution in [0.4, 0.5) is 13.2 Å². The summed E-state index contributed by atoms with van der Waals surface area (Å²) in [6.07, 6.45) is -0.872. The summed E-state index contributed by atoms with van der Waals surface area (Å²) >= 11 is 0. The first-order valence-corrected chi connectivity index (χ1v) is 9.69. The number of rotatable bonds is 6. The lowest BCUT2D eigenvalue weighted by molar-refractivity contribution is -0.157. The van der Waals surface area contributed by atoms with Gasteiger partial charge >= 0.3 is 6.18 Å². The van der Waals surface area contributed by atoms with Crippen molar-refractivity contribution in [1.82, 2.24) is 15.5 Å². The first kappa shape index (κ1) is 21.7. The van der Waals surface area contributed by atoms with Gasteiger partial charge in [0, 0.05) is 41.9 Å². The highest BCUT2D eigenvalue weighted by Gasteiger charge is 2.31. The maximum absolute atomic E-state index is 12.3. The van der Waals surface area contributed by atoms with E-state index < -0.39 is 29.4 Å². The van der Waals surface area contributed by atoms with Gasteiger partial charge in [0.15, 0.2) is 5.96 Å². The fourth-order valence-corrected chi connectivity index (χ4v) is 4.14. The molecule has 0 aromatic carbocycles. The molecule has 3 unspecified atom stereocenters. The Kier molecular flexibility index (Phi) is 8.67. The van der Waals surface area contributed by atoms with E-state index in [0.29, 0.717) is 16.6 Å². The van der Waals surface area contributed by atoms with Crippen molar-refractivity contribution in [2.75, 3.05) is 32.9 Å². The predicted octanol–water partition coefficient (Wildman–Crippen LogP) is 1.25. The van der Waals surface area contributed by atoms with Crippen LogP contribution in [0.5, 0.6) is 0 Å². The number of carbonyl (C=O) groups excluding carboxylic acids is 1. The Labute approximate surface area is 149 Å². The molecule has 1 fully saturated rings. The SMILES string of the molecule is CCS(=O)C1CCCC(NC(=NC)NCC(=O)N(C)CC(F)(F)F)C1. The van der Waals surface area contributed by atoms with E-state index in [4.69, 9.17) is 0 Å². The number of carbonyl (C=O) groups is 1. The molecule has 0 spiro atoms. The first-order chi connectivity index (χ1) is 11.7. The highest BCUT2D eigenvalue weighted by Crippen LogP contribution is 2.23. The second-order valence-electron chi connectivity index (χ2n) is 6.09. The van der Waals surface area contributed by atoms with Crippen LogP contribution in [0.25, 0.3) is 0 Å². The molecule has 3 atom stereocenters. The molecule has 0 aliphatic heterocycles. The number of halogens is 3. The van der Waals surface area contributed by atoms with Crippen LogP contribution < -0.4 is 10.6 Å². The summed E-state index contributed by atoms with van der Waals surface area (Å²) in [5.41, 5.74) is 0. The zero-order chi connectivity index (χ0) is 19.0. The third kappa shape index (κ3) is 8.06. The quantitative estimate of drug-likeness (QED) is 0.534. The average Bonchev–Trinajstić information content (AvgIpc) is 2.56. The van der Waals surface area contributed by atoms with Gasteiger partial charge in [-0.3, -0.25) is 14.0 Å². The number of guanidine groups is 1. The van der Waals surface area contributed by atoms with Crippen LogP contribution in [-0.4, -0.2) is 71.4 Å². The highest BCUT2D eigenvalue weighted by molar-refractivity contribution is 7.85. The first-order valence-electron chi connectivity index (χ1n) is 8.31. The molecule has 146 valence electrons. The third-order valence-corrected chi connectivity index (χ3v) is 5.84. The number of likely N-dealkylation sites (N-methyl/N-ethyl adjacent to an activating group) is 1. The van der Waals surface area contributed by atoms with E-state index in [1.54, 1.807) is 0 Å². The Morgan fingerprint density at radius 2 is 2.04 bits per heavy atom. The van der Waals surface area contributed by atoms with Gasteiger partial charge in [-0.25, -0.2) is 0 Å². The smallest absolute Gasteiger partial charge is 0.354 e. The van der Waals surface area contributed by atoms with Gasteiger partial charge in [0.05, 0.1) is 6.54 Å². The average molecular weight is 384 g/mol. The molecule has 1 amide bonds. The minimum absolute atomic E-state index is 0.0865. The van der Waals surface area contributed by atoms with Crippen LogP contribution in [0.3, 0.4) is 0 Å². The Balaban J connectivity index is 2.47. The van der Waals surface area contributed by atoms with Crippen molar-refractivity contribution in [1.29, 1.82) is 0 Å². The van der Waals surface area contributed by atoms with Gasteiger partial charge in [-0.15, -0.1) is 0 Å². The number of nitrogens with one attached hydrogen (secondary N) is 2. The number of amides is 1. The molecule has 10 heteroatoms. The molecular weight excluding hydrogens is 357 g/mol. The van der Waals surface area contributed by atoms with Crippen molar-refractivity contribution >= 4 is 22.7 Å². The maximum Gasteiger partial charge on any atom is 0.406 e. The second-order valence-corrected chi connectivity index (χ2v) is 8.10. The van der Waals surface area contributed by atoms with Crippen LogP contribution in [0.1, 0.15) is 32.6 Å². The molecule has 0 saturated heterocycles. The zero-order valence-corrected chi connectivity index (χ0v) is 15.7. The van der Waals surface area contributed by atoms with Gasteiger partial charge < -0.3 is 15.5 Å². The normalized spacial score (nSPS) is 23.0. The Morgan fingerprint density at radius 1 is 1.36 bits per heavy atom. The van der Waals surface area contributed by atoms with E-state index in [2.05, 4.69) is 15.6 Å². The number of alkyl halides is 3. The molecule has 2 N–H and O–H groups in total. The number of hydrogen-bond donors (Lipinski definition) is 2. The third-order valence-electron chi connectivity index (χ3n) is 4.10. The summed E-state index contributed by atoms with van der Waals surface area (Å²) in [6, 6.07) is 0.0865. The van der Waals surface area contributed by atoms with Crippen molar-refractivity contribution in [2.45, 2.75) is 50.1 Å². The van der Waals surface area contributed by atoms with E-state index in [0.717, 1.165) is 32.7 Å². The molecule has 0 bridgehead atoms. The fraction of sp³-hybridized carbons (Fsp3) is 0.867. The summed E-state index contributed by atoms with van der Waals surface area (Å²) in [5, 5.41) is 6.06. The zero-order valence-electron chi connectivity index (χ0n) is 14.9. The van der Waals surface area contributed by atoms with Gasteiger partial charge in [-0.1, -0.05) is 13.3 Å². The van der Waals surface area contributed by atoms with Crippen molar-refractivity contribution in [2.24, 2.45) is 4.99 Å². The van der Waals surface area contributed by atoms with E-state index in [-0.39, 0.29) is 17.8 Å². The highest BCUT2D eigenvalue weighted by atomic mass is 32.2. The van der Waals surface area contributed by atoms with Gasteiger partial charge in [-0.05, 0) is 19.3 Å². The van der Waals surface area contributed by atoms with Gasteiger partial charge in [-0.2, -0.15) is 13.2 Å². The van der Waals surface area contributed by atoms with Gasteiger partial charge in [0.1, 0.15) is 6.54 Å². The van der Waals surface area contributed by atoms with Gasteiger partial charge in [0.25, 0.3) is 0 Å². The monoisotopic (exact) mass is 384 g/mol. The van der Waals surface area contributed by atoms with E-state index >= 15 is 0 Å². The molecule has 1 aliphatic carbocycles. The Bertz CT molecular complexity index is 500. The van der Waals surface area contributed by atoms with Crippen LogP contribution in [0.2, 0.25) is 0 Å². The van der Waals surface area contributed by atoms with Gasteiger partial charge in [0.2, 0.25) is 5.91 Å². The molecule has 25 heavy (non-hydrogen) atoms.